The number of hydrogen-bond donors (Lipinski definition) is 2. The third-order valence-corrected chi connectivity index (χ3v) is 7.35. The molecule has 0 spiro atoms. The minimum Gasteiger partial charge on any atom is -0.492 e. The highest BCUT2D eigenvalue weighted by atomic mass is 19.1. The van der Waals surface area contributed by atoms with Crippen LogP contribution in [0.2, 0.25) is 0 Å². The molecule has 0 radical (unpaired) electrons. The maximum atomic E-state index is 14.7. The summed E-state index contributed by atoms with van der Waals surface area (Å²) in [5.41, 5.74) is 6.76. The van der Waals surface area contributed by atoms with Crippen molar-refractivity contribution in [1.82, 2.24) is 30.0 Å². The van der Waals surface area contributed by atoms with Gasteiger partial charge in [0.1, 0.15) is 23.9 Å². The third-order valence-electron chi connectivity index (χ3n) is 7.35. The Bertz CT molecular complexity index is 1770. The number of likely N-dealkylation sites (tertiary alicyclic amines) is 1. The van der Waals surface area contributed by atoms with E-state index in [0.717, 1.165) is 64.1 Å². The molecule has 0 saturated carbocycles. The second-order valence-corrected chi connectivity index (χ2v) is 9.92. The summed E-state index contributed by atoms with van der Waals surface area (Å²) >= 11 is 0. The van der Waals surface area contributed by atoms with Gasteiger partial charge in [-0.15, -0.1) is 0 Å². The van der Waals surface area contributed by atoms with E-state index < -0.39 is 0 Å². The number of ether oxygens (including phenoxy) is 1. The van der Waals surface area contributed by atoms with Gasteiger partial charge in [0.25, 0.3) is 0 Å². The maximum absolute atomic E-state index is 14.7. The standard InChI is InChI=1S/C31H27FN6O/c32-22-15-21(16-23(18-22)39-14-13-38-11-3-4-12-38)30-25-19-29(35-27(25)8-10-34-30)31-24-17-20(6-7-28(24)36-37-31)26-5-1-2-9-33-26/h1-2,5-10,15-19,35H,3-4,11-14H2,(H,36,37). The SMILES string of the molecule is Fc1cc(OCCN2CCCC2)cc(-c2nccc3[nH]c(-c4n[nH]c5ccc(-c6ccccn6)cc45)cc23)c1. The van der Waals surface area contributed by atoms with E-state index in [-0.39, 0.29) is 5.82 Å². The fourth-order valence-corrected chi connectivity index (χ4v) is 5.41. The average Bonchev–Trinajstić information content (AvgIpc) is 3.72. The van der Waals surface area contributed by atoms with E-state index in [4.69, 9.17) is 4.74 Å². The lowest BCUT2D eigenvalue weighted by Gasteiger charge is -2.15. The summed E-state index contributed by atoms with van der Waals surface area (Å²) in [7, 11) is 0. The Morgan fingerprint density at radius 3 is 2.59 bits per heavy atom. The van der Waals surface area contributed by atoms with Crippen molar-refractivity contribution in [1.29, 1.82) is 0 Å². The molecule has 0 atom stereocenters. The first-order valence-corrected chi connectivity index (χ1v) is 13.2. The fraction of sp³-hybridized carbons (Fsp3) is 0.194. The van der Waals surface area contributed by atoms with Crippen molar-refractivity contribution < 1.29 is 9.13 Å². The van der Waals surface area contributed by atoms with Crippen molar-refractivity contribution in [2.24, 2.45) is 0 Å². The zero-order chi connectivity index (χ0) is 26.2. The molecular weight excluding hydrogens is 491 g/mol. The van der Waals surface area contributed by atoms with Gasteiger partial charge in [0.2, 0.25) is 0 Å². The molecule has 1 fully saturated rings. The number of aromatic amines is 2. The van der Waals surface area contributed by atoms with Gasteiger partial charge >= 0.3 is 0 Å². The van der Waals surface area contributed by atoms with Crippen molar-refractivity contribution in [2.45, 2.75) is 12.8 Å². The first-order chi connectivity index (χ1) is 19.2. The quantitative estimate of drug-likeness (QED) is 0.254. The van der Waals surface area contributed by atoms with Crippen LogP contribution in [-0.2, 0) is 0 Å². The van der Waals surface area contributed by atoms with Gasteiger partial charge in [0.15, 0.2) is 0 Å². The number of pyridine rings is 2. The van der Waals surface area contributed by atoms with Gasteiger partial charge in [-0.2, -0.15) is 5.10 Å². The van der Waals surface area contributed by atoms with Crippen LogP contribution in [0.4, 0.5) is 4.39 Å². The molecule has 1 saturated heterocycles. The monoisotopic (exact) mass is 518 g/mol. The fourth-order valence-electron chi connectivity index (χ4n) is 5.41. The van der Waals surface area contributed by atoms with E-state index in [9.17, 15) is 4.39 Å². The molecule has 0 unspecified atom stereocenters. The minimum atomic E-state index is -0.349. The highest BCUT2D eigenvalue weighted by Crippen LogP contribution is 2.35. The Labute approximate surface area is 224 Å². The zero-order valence-corrected chi connectivity index (χ0v) is 21.3. The van der Waals surface area contributed by atoms with E-state index in [2.05, 4.69) is 36.1 Å². The van der Waals surface area contributed by atoms with Crippen molar-refractivity contribution in [3.63, 3.8) is 0 Å². The number of hydrogen-bond acceptors (Lipinski definition) is 5. The van der Waals surface area contributed by atoms with Gasteiger partial charge in [-0.1, -0.05) is 12.1 Å². The third kappa shape index (κ3) is 4.64. The molecule has 0 bridgehead atoms. The van der Waals surface area contributed by atoms with Crippen LogP contribution in [0.25, 0.3) is 55.7 Å². The van der Waals surface area contributed by atoms with Crippen LogP contribution in [-0.4, -0.2) is 56.3 Å². The van der Waals surface area contributed by atoms with Crippen molar-refractivity contribution in [3.05, 3.63) is 84.9 Å². The van der Waals surface area contributed by atoms with E-state index >= 15 is 0 Å². The largest absolute Gasteiger partial charge is 0.492 e. The van der Waals surface area contributed by atoms with Gasteiger partial charge in [-0.25, -0.2) is 4.39 Å². The molecule has 1 aliphatic rings. The molecule has 5 heterocycles. The number of nitrogens with one attached hydrogen (secondary N) is 2. The number of nitrogens with zero attached hydrogens (tertiary/aromatic N) is 4. The van der Waals surface area contributed by atoms with Crippen molar-refractivity contribution >= 4 is 21.8 Å². The molecule has 1 aliphatic heterocycles. The van der Waals surface area contributed by atoms with Crippen molar-refractivity contribution in [3.8, 4) is 39.7 Å². The summed E-state index contributed by atoms with van der Waals surface area (Å²) in [4.78, 5) is 15.0. The molecule has 4 aromatic heterocycles. The Balaban J connectivity index is 1.23. The van der Waals surface area contributed by atoms with Crippen LogP contribution in [0.5, 0.6) is 5.75 Å². The molecule has 39 heavy (non-hydrogen) atoms. The molecule has 0 amide bonds. The van der Waals surface area contributed by atoms with Crippen LogP contribution in [0.3, 0.4) is 0 Å². The van der Waals surface area contributed by atoms with Crippen LogP contribution in [0.1, 0.15) is 12.8 Å². The van der Waals surface area contributed by atoms with E-state index in [1.54, 1.807) is 12.4 Å². The second-order valence-electron chi connectivity index (χ2n) is 9.92. The first-order valence-electron chi connectivity index (χ1n) is 13.2. The number of H-pyrrole nitrogens is 2. The van der Waals surface area contributed by atoms with Gasteiger partial charge < -0.3 is 9.72 Å². The highest BCUT2D eigenvalue weighted by molar-refractivity contribution is 6.00. The highest BCUT2D eigenvalue weighted by Gasteiger charge is 2.16. The lowest BCUT2D eigenvalue weighted by atomic mass is 10.1. The molecule has 2 N–H and O–H groups in total. The van der Waals surface area contributed by atoms with Gasteiger partial charge in [0, 0.05) is 52.4 Å². The Morgan fingerprint density at radius 1 is 0.821 bits per heavy atom. The number of fused-ring (bicyclic) bond motifs is 2. The topological polar surface area (TPSA) is 82.7 Å². The van der Waals surface area contributed by atoms with Crippen molar-refractivity contribution in [2.75, 3.05) is 26.2 Å². The minimum absolute atomic E-state index is 0.349. The molecule has 7 rings (SSSR count). The molecule has 6 aromatic rings. The molecule has 2 aromatic carbocycles. The number of rotatable bonds is 7. The predicted molar refractivity (Wildman–Crippen MR) is 151 cm³/mol. The lowest BCUT2D eigenvalue weighted by Crippen LogP contribution is -2.25. The summed E-state index contributed by atoms with van der Waals surface area (Å²) in [6, 6.07) is 20.8. The van der Waals surface area contributed by atoms with Crippen LogP contribution < -0.4 is 4.74 Å². The van der Waals surface area contributed by atoms with E-state index in [1.807, 2.05) is 48.5 Å². The first kappa shape index (κ1) is 23.5. The summed E-state index contributed by atoms with van der Waals surface area (Å²) in [5.74, 6) is 0.165. The summed E-state index contributed by atoms with van der Waals surface area (Å²) in [6.45, 7) is 3.59. The van der Waals surface area contributed by atoms with Gasteiger partial charge in [0.05, 0.1) is 22.6 Å². The lowest BCUT2D eigenvalue weighted by molar-refractivity contribution is 0.237. The smallest absolute Gasteiger partial charge is 0.127 e. The zero-order valence-electron chi connectivity index (χ0n) is 21.3. The number of aromatic nitrogens is 5. The molecule has 8 heteroatoms. The summed E-state index contributed by atoms with van der Waals surface area (Å²) in [5, 5.41) is 9.62. The second kappa shape index (κ2) is 9.96. The molecule has 0 aliphatic carbocycles. The van der Waals surface area contributed by atoms with Crippen LogP contribution in [0, 0.1) is 5.82 Å². The Morgan fingerprint density at radius 2 is 1.72 bits per heavy atom. The van der Waals surface area contributed by atoms with Crippen LogP contribution in [0.15, 0.2) is 79.1 Å². The van der Waals surface area contributed by atoms with Crippen LogP contribution >= 0.6 is 0 Å². The molecular formula is C31H27FN6O. The number of halogens is 1. The van der Waals surface area contributed by atoms with E-state index in [0.29, 0.717) is 23.6 Å². The Kier molecular flexibility index (Phi) is 6.01. The van der Waals surface area contributed by atoms with Gasteiger partial charge in [-0.3, -0.25) is 20.0 Å². The molecule has 7 nitrogen and oxygen atoms in total. The van der Waals surface area contributed by atoms with E-state index in [1.165, 1.54) is 25.0 Å². The summed E-state index contributed by atoms with van der Waals surface area (Å²) < 4.78 is 20.6. The Hall–Kier alpha value is -4.56. The maximum Gasteiger partial charge on any atom is 0.127 e. The predicted octanol–water partition coefficient (Wildman–Crippen LogP) is 6.45. The average molecular weight is 519 g/mol. The van der Waals surface area contributed by atoms with Gasteiger partial charge in [-0.05, 0) is 74.5 Å². The number of benzene rings is 2. The normalized spacial score (nSPS) is 14.0. The summed E-state index contributed by atoms with van der Waals surface area (Å²) in [6.07, 6.45) is 5.99. The molecule has 194 valence electrons.